The summed E-state index contributed by atoms with van der Waals surface area (Å²) in [5, 5.41) is 4.35. The number of thioether (sulfide) groups is 1. The molecule has 2 aromatic rings. The summed E-state index contributed by atoms with van der Waals surface area (Å²) in [7, 11) is 0. The molecular formula is C17H17ClFNS. The Morgan fingerprint density at radius 3 is 2.90 bits per heavy atom. The fourth-order valence-electron chi connectivity index (χ4n) is 2.73. The lowest BCUT2D eigenvalue weighted by Crippen LogP contribution is -2.27. The normalized spacial score (nSPS) is 19.1. The third-order valence-electron chi connectivity index (χ3n) is 3.83. The minimum absolute atomic E-state index is 0.112. The number of hydrogen-bond donors (Lipinski definition) is 1. The summed E-state index contributed by atoms with van der Waals surface area (Å²) in [5.41, 5.74) is 2.22. The molecule has 0 spiro atoms. The largest absolute Gasteiger partial charge is 0.303 e. The minimum Gasteiger partial charge on any atom is -0.303 e. The maximum atomic E-state index is 13.9. The Labute approximate surface area is 133 Å². The molecule has 4 heteroatoms. The van der Waals surface area contributed by atoms with Crippen molar-refractivity contribution in [2.24, 2.45) is 0 Å². The van der Waals surface area contributed by atoms with Crippen LogP contribution in [0.1, 0.15) is 36.6 Å². The van der Waals surface area contributed by atoms with Gasteiger partial charge in [0.2, 0.25) is 0 Å². The van der Waals surface area contributed by atoms with E-state index >= 15 is 0 Å². The van der Waals surface area contributed by atoms with Crippen LogP contribution in [-0.2, 0) is 0 Å². The van der Waals surface area contributed by atoms with Crippen molar-refractivity contribution in [3.63, 3.8) is 0 Å². The highest BCUT2D eigenvalue weighted by atomic mass is 35.5. The Hall–Kier alpha value is -1.03. The molecule has 2 unspecified atom stereocenters. The molecule has 1 aliphatic rings. The summed E-state index contributed by atoms with van der Waals surface area (Å²) in [4.78, 5) is 0.791. The molecular weight excluding hydrogens is 305 g/mol. The van der Waals surface area contributed by atoms with Crippen molar-refractivity contribution >= 4 is 23.4 Å². The third kappa shape index (κ3) is 3.25. The molecule has 1 heterocycles. The van der Waals surface area contributed by atoms with Gasteiger partial charge in [-0.3, -0.25) is 0 Å². The van der Waals surface area contributed by atoms with Gasteiger partial charge in [-0.05, 0) is 48.4 Å². The van der Waals surface area contributed by atoms with Crippen LogP contribution in [0.4, 0.5) is 4.39 Å². The molecule has 110 valence electrons. The first-order valence-electron chi connectivity index (χ1n) is 7.08. The minimum atomic E-state index is -0.112. The first kappa shape index (κ1) is 14.9. The number of nitrogens with one attached hydrogen (secondary N) is 1. The van der Waals surface area contributed by atoms with E-state index in [1.165, 1.54) is 6.07 Å². The number of rotatable bonds is 3. The van der Waals surface area contributed by atoms with E-state index < -0.39 is 0 Å². The van der Waals surface area contributed by atoms with E-state index in [9.17, 15) is 4.39 Å². The Kier molecular flexibility index (Phi) is 4.53. The van der Waals surface area contributed by atoms with Crippen LogP contribution in [0, 0.1) is 5.82 Å². The quantitative estimate of drug-likeness (QED) is 0.816. The van der Waals surface area contributed by atoms with Crippen LogP contribution < -0.4 is 5.32 Å². The van der Waals surface area contributed by atoms with Gasteiger partial charge < -0.3 is 5.32 Å². The number of halogens is 2. The van der Waals surface area contributed by atoms with Crippen LogP contribution in [0.25, 0.3) is 0 Å². The van der Waals surface area contributed by atoms with Crippen molar-refractivity contribution in [1.82, 2.24) is 5.32 Å². The summed E-state index contributed by atoms with van der Waals surface area (Å²) in [5.74, 6) is 0.827. The molecule has 2 atom stereocenters. The van der Waals surface area contributed by atoms with E-state index in [0.717, 1.165) is 33.2 Å². The molecule has 0 amide bonds. The highest BCUT2D eigenvalue weighted by molar-refractivity contribution is 7.99. The van der Waals surface area contributed by atoms with E-state index in [0.29, 0.717) is 0 Å². The Morgan fingerprint density at radius 2 is 2.10 bits per heavy atom. The van der Waals surface area contributed by atoms with Gasteiger partial charge in [-0.2, -0.15) is 0 Å². The Morgan fingerprint density at radius 1 is 1.29 bits per heavy atom. The van der Waals surface area contributed by atoms with Crippen LogP contribution in [0.2, 0.25) is 5.02 Å². The Balaban J connectivity index is 1.82. The van der Waals surface area contributed by atoms with Gasteiger partial charge in [0.25, 0.3) is 0 Å². The smallest absolute Gasteiger partial charge is 0.137 e. The van der Waals surface area contributed by atoms with E-state index in [1.807, 2.05) is 24.3 Å². The zero-order chi connectivity index (χ0) is 14.8. The molecule has 1 aliphatic heterocycles. The highest BCUT2D eigenvalue weighted by Gasteiger charge is 2.24. The molecule has 3 rings (SSSR count). The molecule has 21 heavy (non-hydrogen) atoms. The van der Waals surface area contributed by atoms with Crippen molar-refractivity contribution in [3.05, 3.63) is 64.4 Å². The topological polar surface area (TPSA) is 12.0 Å². The second-order valence-electron chi connectivity index (χ2n) is 5.29. The van der Waals surface area contributed by atoms with E-state index in [4.69, 9.17) is 11.6 Å². The second kappa shape index (κ2) is 6.39. The zero-order valence-corrected chi connectivity index (χ0v) is 13.3. The molecule has 0 fully saturated rings. The average Bonchev–Trinajstić information content (AvgIpc) is 2.48. The first-order chi connectivity index (χ1) is 10.1. The van der Waals surface area contributed by atoms with Gasteiger partial charge in [-0.1, -0.05) is 35.9 Å². The van der Waals surface area contributed by atoms with Gasteiger partial charge in [-0.25, -0.2) is 4.39 Å². The summed E-state index contributed by atoms with van der Waals surface area (Å²) in [6.45, 7) is 2.12. The van der Waals surface area contributed by atoms with Crippen LogP contribution in [0.15, 0.2) is 47.4 Å². The maximum Gasteiger partial charge on any atom is 0.137 e. The van der Waals surface area contributed by atoms with Crippen LogP contribution in [0.5, 0.6) is 0 Å². The fourth-order valence-corrected chi connectivity index (χ4v) is 4.07. The van der Waals surface area contributed by atoms with Gasteiger partial charge in [0.15, 0.2) is 0 Å². The summed E-state index contributed by atoms with van der Waals surface area (Å²) < 4.78 is 13.9. The fraction of sp³-hybridized carbons (Fsp3) is 0.294. The molecule has 0 aliphatic carbocycles. The predicted octanol–water partition coefficient (Wildman–Crippen LogP) is 5.37. The van der Waals surface area contributed by atoms with Crippen LogP contribution >= 0.6 is 23.4 Å². The summed E-state index contributed by atoms with van der Waals surface area (Å²) >= 11 is 7.66. The Bertz CT molecular complexity index is 646. The van der Waals surface area contributed by atoms with Crippen molar-refractivity contribution in [2.45, 2.75) is 30.3 Å². The van der Waals surface area contributed by atoms with Crippen molar-refractivity contribution in [1.29, 1.82) is 0 Å². The number of fused-ring (bicyclic) bond motifs is 1. The zero-order valence-electron chi connectivity index (χ0n) is 11.8. The predicted molar refractivity (Wildman–Crippen MR) is 87.5 cm³/mol. The lowest BCUT2D eigenvalue weighted by Gasteiger charge is -2.29. The van der Waals surface area contributed by atoms with E-state index in [-0.39, 0.29) is 17.9 Å². The van der Waals surface area contributed by atoms with Gasteiger partial charge in [0.1, 0.15) is 5.82 Å². The molecule has 0 saturated heterocycles. The summed E-state index contributed by atoms with van der Waals surface area (Å²) in [6, 6.07) is 13.6. The SMILES string of the molecule is CC(NC1CCSc2c(F)cccc21)c1cccc(Cl)c1. The molecule has 1 nitrogen and oxygen atoms in total. The molecule has 1 N–H and O–H groups in total. The molecule has 2 aromatic carbocycles. The van der Waals surface area contributed by atoms with E-state index in [1.54, 1.807) is 17.8 Å². The van der Waals surface area contributed by atoms with Gasteiger partial charge in [-0.15, -0.1) is 11.8 Å². The lowest BCUT2D eigenvalue weighted by molar-refractivity contribution is 0.444. The third-order valence-corrected chi connectivity index (χ3v) is 5.22. The summed E-state index contributed by atoms with van der Waals surface area (Å²) in [6.07, 6.45) is 1.01. The number of benzene rings is 2. The lowest BCUT2D eigenvalue weighted by atomic mass is 10.0. The molecule has 0 bridgehead atoms. The van der Waals surface area contributed by atoms with Gasteiger partial charge in [0, 0.05) is 22.0 Å². The number of hydrogen-bond acceptors (Lipinski definition) is 2. The molecule has 0 saturated carbocycles. The maximum absolute atomic E-state index is 13.9. The molecule has 0 aromatic heterocycles. The van der Waals surface area contributed by atoms with Crippen LogP contribution in [0.3, 0.4) is 0 Å². The van der Waals surface area contributed by atoms with Gasteiger partial charge in [0.05, 0.1) is 0 Å². The molecule has 0 radical (unpaired) electrons. The standard InChI is InChI=1S/C17H17ClFNS/c1-11(12-4-2-5-13(18)10-12)20-16-8-9-21-17-14(16)6-3-7-15(17)19/h2-7,10-11,16,20H,8-9H2,1H3. The van der Waals surface area contributed by atoms with Crippen molar-refractivity contribution < 1.29 is 4.39 Å². The highest BCUT2D eigenvalue weighted by Crippen LogP contribution is 2.38. The van der Waals surface area contributed by atoms with Crippen molar-refractivity contribution in [2.75, 3.05) is 5.75 Å². The van der Waals surface area contributed by atoms with Crippen molar-refractivity contribution in [3.8, 4) is 0 Å². The first-order valence-corrected chi connectivity index (χ1v) is 8.44. The second-order valence-corrected chi connectivity index (χ2v) is 6.83. The van der Waals surface area contributed by atoms with Crippen LogP contribution in [-0.4, -0.2) is 5.75 Å². The average molecular weight is 322 g/mol. The van der Waals surface area contributed by atoms with E-state index in [2.05, 4.69) is 18.3 Å². The monoisotopic (exact) mass is 321 g/mol. The van der Waals surface area contributed by atoms with Gasteiger partial charge >= 0.3 is 0 Å².